The Morgan fingerprint density at radius 2 is 2.07 bits per heavy atom. The highest BCUT2D eigenvalue weighted by Crippen LogP contribution is 2.31. The van der Waals surface area contributed by atoms with Crippen molar-refractivity contribution in [3.63, 3.8) is 0 Å². The highest BCUT2D eigenvalue weighted by Gasteiger charge is 2.31. The Balaban J connectivity index is 1.40. The third-order valence-corrected chi connectivity index (χ3v) is 4.74. The van der Waals surface area contributed by atoms with Gasteiger partial charge in [0.15, 0.2) is 0 Å². The van der Waals surface area contributed by atoms with Crippen molar-refractivity contribution >= 4 is 5.91 Å². The van der Waals surface area contributed by atoms with Crippen LogP contribution < -0.4 is 10.1 Å². The molecule has 1 aliphatic rings. The smallest absolute Gasteiger partial charge is 0.254 e. The number of aliphatic hydroxyl groups excluding tert-OH is 1. The van der Waals surface area contributed by atoms with Gasteiger partial charge in [0.1, 0.15) is 24.3 Å². The number of amides is 1. The van der Waals surface area contributed by atoms with Gasteiger partial charge < -0.3 is 19.7 Å². The molecule has 4 rings (SSSR count). The highest BCUT2D eigenvalue weighted by atomic mass is 16.5. The topological polar surface area (TPSA) is 97.5 Å². The van der Waals surface area contributed by atoms with Gasteiger partial charge in [0.05, 0.1) is 11.1 Å². The average Bonchev–Trinajstić information content (AvgIpc) is 3.51. The van der Waals surface area contributed by atoms with E-state index >= 15 is 0 Å². The van der Waals surface area contributed by atoms with E-state index < -0.39 is 6.23 Å². The Kier molecular flexibility index (Phi) is 5.08. The molecule has 1 amide bonds. The number of aliphatic hydroxyl groups is 1. The summed E-state index contributed by atoms with van der Waals surface area (Å²) in [6.07, 6.45) is 2.53. The third-order valence-electron chi connectivity index (χ3n) is 4.74. The summed E-state index contributed by atoms with van der Waals surface area (Å²) in [5, 5.41) is 16.5. The van der Waals surface area contributed by atoms with Gasteiger partial charge in [-0.2, -0.15) is 0 Å². The molecule has 28 heavy (non-hydrogen) atoms. The monoisotopic (exact) mass is 379 g/mol. The number of aryl methyl sites for hydroxylation is 1. The number of ether oxygens (including phenoxy) is 1. The SMILES string of the molecule is Cc1onc(-c2ccccc2)c1COc1ccc(C(=O)NC(O)C2CC2)cn1. The summed E-state index contributed by atoms with van der Waals surface area (Å²) >= 11 is 0. The molecule has 7 nitrogen and oxygen atoms in total. The highest BCUT2D eigenvalue weighted by molar-refractivity contribution is 5.94. The molecule has 1 aromatic carbocycles. The zero-order valence-electron chi connectivity index (χ0n) is 15.5. The zero-order valence-corrected chi connectivity index (χ0v) is 15.5. The van der Waals surface area contributed by atoms with Crippen molar-refractivity contribution in [1.29, 1.82) is 0 Å². The molecule has 0 spiro atoms. The van der Waals surface area contributed by atoms with E-state index in [1.165, 1.54) is 6.20 Å². The van der Waals surface area contributed by atoms with Gasteiger partial charge in [-0.3, -0.25) is 4.79 Å². The van der Waals surface area contributed by atoms with Crippen LogP contribution in [0, 0.1) is 12.8 Å². The number of nitrogens with zero attached hydrogens (tertiary/aromatic N) is 2. The summed E-state index contributed by atoms with van der Waals surface area (Å²) in [6, 6.07) is 13.0. The van der Waals surface area contributed by atoms with Crippen molar-refractivity contribution in [3.05, 3.63) is 65.5 Å². The lowest BCUT2D eigenvalue weighted by Crippen LogP contribution is -2.36. The number of rotatable bonds is 7. The average molecular weight is 379 g/mol. The Morgan fingerprint density at radius 3 is 2.75 bits per heavy atom. The molecule has 2 heterocycles. The fraction of sp³-hybridized carbons (Fsp3) is 0.286. The summed E-state index contributed by atoms with van der Waals surface area (Å²) in [5.74, 6) is 0.896. The van der Waals surface area contributed by atoms with Gasteiger partial charge in [-0.25, -0.2) is 4.98 Å². The van der Waals surface area contributed by atoms with E-state index in [4.69, 9.17) is 9.26 Å². The second-order valence-corrected chi connectivity index (χ2v) is 6.86. The number of pyridine rings is 1. The van der Waals surface area contributed by atoms with Crippen molar-refractivity contribution in [2.24, 2.45) is 5.92 Å². The predicted octanol–water partition coefficient (Wildman–Crippen LogP) is 3.08. The molecule has 0 radical (unpaired) electrons. The summed E-state index contributed by atoms with van der Waals surface area (Å²) in [5.41, 5.74) is 2.91. The fourth-order valence-electron chi connectivity index (χ4n) is 2.88. The second kappa shape index (κ2) is 7.82. The van der Waals surface area contributed by atoms with Gasteiger partial charge >= 0.3 is 0 Å². The first-order valence-corrected chi connectivity index (χ1v) is 9.20. The number of hydrogen-bond acceptors (Lipinski definition) is 6. The van der Waals surface area contributed by atoms with Gasteiger partial charge in [-0.15, -0.1) is 0 Å². The van der Waals surface area contributed by atoms with Crippen LogP contribution in [-0.2, 0) is 6.61 Å². The molecule has 144 valence electrons. The standard InChI is InChI=1S/C21H21N3O4/c1-13-17(19(24-28-13)14-5-3-2-4-6-14)12-27-18-10-9-16(11-22-18)21(26)23-20(25)15-7-8-15/h2-6,9-11,15,20,25H,7-8,12H2,1H3,(H,23,26). The molecule has 3 aromatic rings. The van der Waals surface area contributed by atoms with E-state index in [0.29, 0.717) is 17.2 Å². The number of nitrogens with one attached hydrogen (secondary N) is 1. The van der Waals surface area contributed by atoms with Crippen LogP contribution in [0.3, 0.4) is 0 Å². The predicted molar refractivity (Wildman–Crippen MR) is 101 cm³/mol. The molecule has 2 N–H and O–H groups in total. The van der Waals surface area contributed by atoms with E-state index in [9.17, 15) is 9.90 Å². The van der Waals surface area contributed by atoms with Gasteiger partial charge in [0, 0.05) is 23.7 Å². The first-order valence-electron chi connectivity index (χ1n) is 9.20. The molecule has 2 aromatic heterocycles. The molecular formula is C21H21N3O4. The van der Waals surface area contributed by atoms with Crippen molar-refractivity contribution < 1.29 is 19.2 Å². The molecule has 1 aliphatic carbocycles. The zero-order chi connectivity index (χ0) is 19.5. The molecule has 1 fully saturated rings. The molecule has 0 aliphatic heterocycles. The number of aromatic nitrogens is 2. The van der Waals surface area contributed by atoms with E-state index in [1.54, 1.807) is 12.1 Å². The number of carbonyl (C=O) groups excluding carboxylic acids is 1. The van der Waals surface area contributed by atoms with E-state index in [1.807, 2.05) is 37.3 Å². The molecule has 0 saturated heterocycles. The fourth-order valence-corrected chi connectivity index (χ4v) is 2.88. The van der Waals surface area contributed by atoms with Crippen LogP contribution in [-0.4, -0.2) is 27.4 Å². The van der Waals surface area contributed by atoms with E-state index in [2.05, 4.69) is 15.5 Å². The number of carbonyl (C=O) groups is 1. The van der Waals surface area contributed by atoms with Crippen LogP contribution in [0.4, 0.5) is 0 Å². The van der Waals surface area contributed by atoms with Gasteiger partial charge in [0.25, 0.3) is 5.91 Å². The Bertz CT molecular complexity index is 950. The quantitative estimate of drug-likeness (QED) is 0.612. The van der Waals surface area contributed by atoms with Gasteiger partial charge in [0.2, 0.25) is 5.88 Å². The maximum absolute atomic E-state index is 12.1. The molecule has 7 heteroatoms. The Hall–Kier alpha value is -3.19. The molecule has 1 saturated carbocycles. The van der Waals surface area contributed by atoms with Crippen LogP contribution >= 0.6 is 0 Å². The summed E-state index contributed by atoms with van der Waals surface area (Å²) < 4.78 is 11.1. The summed E-state index contributed by atoms with van der Waals surface area (Å²) in [7, 11) is 0. The lowest BCUT2D eigenvalue weighted by Gasteiger charge is -2.11. The number of hydrogen-bond donors (Lipinski definition) is 2. The lowest BCUT2D eigenvalue weighted by atomic mass is 10.1. The Morgan fingerprint density at radius 1 is 1.29 bits per heavy atom. The largest absolute Gasteiger partial charge is 0.473 e. The first-order chi connectivity index (χ1) is 13.6. The minimum Gasteiger partial charge on any atom is -0.473 e. The maximum Gasteiger partial charge on any atom is 0.254 e. The maximum atomic E-state index is 12.1. The third kappa shape index (κ3) is 4.04. The molecule has 1 atom stereocenters. The van der Waals surface area contributed by atoms with Crippen LogP contribution in [0.5, 0.6) is 5.88 Å². The van der Waals surface area contributed by atoms with E-state index in [-0.39, 0.29) is 18.4 Å². The van der Waals surface area contributed by atoms with Crippen molar-refractivity contribution in [2.45, 2.75) is 32.6 Å². The molecule has 0 bridgehead atoms. The van der Waals surface area contributed by atoms with Crippen LogP contribution in [0.25, 0.3) is 11.3 Å². The van der Waals surface area contributed by atoms with Crippen LogP contribution in [0.1, 0.15) is 34.5 Å². The molecule has 1 unspecified atom stereocenters. The van der Waals surface area contributed by atoms with Crippen molar-refractivity contribution in [3.8, 4) is 17.1 Å². The normalized spacial score (nSPS) is 14.5. The first kappa shape index (κ1) is 18.2. The Labute approximate surface area is 162 Å². The van der Waals surface area contributed by atoms with Crippen LogP contribution in [0.2, 0.25) is 0 Å². The van der Waals surface area contributed by atoms with Crippen molar-refractivity contribution in [2.75, 3.05) is 0 Å². The number of benzene rings is 1. The van der Waals surface area contributed by atoms with E-state index in [0.717, 1.165) is 29.7 Å². The summed E-state index contributed by atoms with van der Waals surface area (Å²) in [6.45, 7) is 2.09. The summed E-state index contributed by atoms with van der Waals surface area (Å²) in [4.78, 5) is 16.3. The van der Waals surface area contributed by atoms with Gasteiger partial charge in [-0.05, 0) is 25.8 Å². The van der Waals surface area contributed by atoms with Crippen molar-refractivity contribution in [1.82, 2.24) is 15.5 Å². The molecular weight excluding hydrogens is 358 g/mol. The minimum atomic E-state index is -0.795. The van der Waals surface area contributed by atoms with Gasteiger partial charge in [-0.1, -0.05) is 35.5 Å². The minimum absolute atomic E-state index is 0.171. The second-order valence-electron chi connectivity index (χ2n) is 6.86. The van der Waals surface area contributed by atoms with Crippen LogP contribution in [0.15, 0.2) is 53.2 Å². The lowest BCUT2D eigenvalue weighted by molar-refractivity contribution is 0.0729.